The Kier molecular flexibility index (Phi) is 4.54. The van der Waals surface area contributed by atoms with Gasteiger partial charge in [0.15, 0.2) is 0 Å². The zero-order chi connectivity index (χ0) is 13.8. The predicted molar refractivity (Wildman–Crippen MR) is 84.8 cm³/mol. The minimum atomic E-state index is -0.179. The van der Waals surface area contributed by atoms with Gasteiger partial charge in [-0.05, 0) is 46.9 Å². The first-order chi connectivity index (χ1) is 9.10. The first-order valence-electron chi connectivity index (χ1n) is 5.47. The molecule has 4 nitrogen and oxygen atoms in total. The molecular weight excluding hydrogens is 375 g/mol. The average molecular weight is 386 g/mol. The van der Waals surface area contributed by atoms with E-state index in [0.717, 1.165) is 2.88 Å². The van der Waals surface area contributed by atoms with Crippen LogP contribution in [0.5, 0.6) is 0 Å². The summed E-state index contributed by atoms with van der Waals surface area (Å²) in [5.41, 5.74) is 1.74. The fourth-order valence-corrected chi connectivity index (χ4v) is 2.84. The molecule has 0 radical (unpaired) electrons. The number of rotatable bonds is 3. The molecule has 0 aliphatic heterocycles. The highest BCUT2D eigenvalue weighted by molar-refractivity contribution is 14.1. The summed E-state index contributed by atoms with van der Waals surface area (Å²) in [6.07, 6.45) is 0. The Morgan fingerprint density at radius 3 is 2.58 bits per heavy atom. The molecule has 1 heterocycles. The minimum Gasteiger partial charge on any atom is -0.355 e. The summed E-state index contributed by atoms with van der Waals surface area (Å²) < 4.78 is 1.06. The molecule has 2 aromatic rings. The maximum Gasteiger partial charge on any atom is 0.256 e. The van der Waals surface area contributed by atoms with Gasteiger partial charge in [-0.2, -0.15) is 0 Å². The number of benzene rings is 1. The first kappa shape index (κ1) is 14.0. The monoisotopic (exact) mass is 386 g/mol. The highest BCUT2D eigenvalue weighted by Gasteiger charge is 2.09. The summed E-state index contributed by atoms with van der Waals surface area (Å²) in [4.78, 5) is 23.5. The Labute approximate surface area is 128 Å². The standard InChI is InChI=1S/C13H11IN2O2S/c1-15-12(17)8-3-2-4-10(5-8)16-13(18)9-6-11(14)19-7-9/h2-7H,1H3,(H,15,17)(H,16,18). The Balaban J connectivity index is 2.15. The van der Waals surface area contributed by atoms with Crippen LogP contribution < -0.4 is 10.6 Å². The topological polar surface area (TPSA) is 58.2 Å². The van der Waals surface area contributed by atoms with Gasteiger partial charge in [-0.3, -0.25) is 9.59 Å². The third kappa shape index (κ3) is 3.54. The third-order valence-electron chi connectivity index (χ3n) is 2.44. The molecule has 0 atom stereocenters. The fourth-order valence-electron chi connectivity index (χ4n) is 1.51. The zero-order valence-electron chi connectivity index (χ0n) is 10.1. The van der Waals surface area contributed by atoms with E-state index in [1.165, 1.54) is 11.3 Å². The smallest absolute Gasteiger partial charge is 0.256 e. The number of nitrogens with one attached hydrogen (secondary N) is 2. The van der Waals surface area contributed by atoms with Crippen LogP contribution >= 0.6 is 33.9 Å². The highest BCUT2D eigenvalue weighted by atomic mass is 127. The van der Waals surface area contributed by atoms with Crippen LogP contribution in [-0.2, 0) is 0 Å². The highest BCUT2D eigenvalue weighted by Crippen LogP contribution is 2.18. The molecule has 1 aromatic carbocycles. The molecule has 19 heavy (non-hydrogen) atoms. The van der Waals surface area contributed by atoms with Crippen molar-refractivity contribution in [3.05, 3.63) is 49.7 Å². The molecule has 2 N–H and O–H groups in total. The number of hydrogen-bond acceptors (Lipinski definition) is 3. The Morgan fingerprint density at radius 1 is 1.16 bits per heavy atom. The molecule has 98 valence electrons. The van der Waals surface area contributed by atoms with E-state index < -0.39 is 0 Å². The number of carbonyl (C=O) groups is 2. The SMILES string of the molecule is CNC(=O)c1cccc(NC(=O)c2csc(I)c2)c1. The Morgan fingerprint density at radius 2 is 1.95 bits per heavy atom. The van der Waals surface area contributed by atoms with Gasteiger partial charge in [0.2, 0.25) is 0 Å². The molecule has 0 saturated carbocycles. The number of hydrogen-bond donors (Lipinski definition) is 2. The van der Waals surface area contributed by atoms with Crippen molar-refractivity contribution in [3.63, 3.8) is 0 Å². The van der Waals surface area contributed by atoms with Crippen LogP contribution in [0, 0.1) is 2.88 Å². The number of anilines is 1. The van der Waals surface area contributed by atoms with Crippen LogP contribution in [0.1, 0.15) is 20.7 Å². The van der Waals surface area contributed by atoms with Crippen molar-refractivity contribution >= 4 is 51.4 Å². The number of carbonyl (C=O) groups excluding carboxylic acids is 2. The van der Waals surface area contributed by atoms with E-state index in [1.54, 1.807) is 36.7 Å². The fraction of sp³-hybridized carbons (Fsp3) is 0.0769. The van der Waals surface area contributed by atoms with Crippen LogP contribution in [0.3, 0.4) is 0 Å². The molecule has 0 spiro atoms. The molecule has 0 aliphatic rings. The number of thiophene rings is 1. The average Bonchev–Trinajstić information content (AvgIpc) is 2.85. The molecule has 0 bridgehead atoms. The second kappa shape index (κ2) is 6.16. The summed E-state index contributed by atoms with van der Waals surface area (Å²) in [6.45, 7) is 0. The molecular formula is C13H11IN2O2S. The summed E-state index contributed by atoms with van der Waals surface area (Å²) in [6, 6.07) is 8.65. The summed E-state index contributed by atoms with van der Waals surface area (Å²) in [7, 11) is 1.57. The van der Waals surface area contributed by atoms with Crippen molar-refractivity contribution in [2.45, 2.75) is 0 Å². The summed E-state index contributed by atoms with van der Waals surface area (Å²) in [5, 5.41) is 7.13. The van der Waals surface area contributed by atoms with E-state index in [0.29, 0.717) is 16.8 Å². The second-order valence-electron chi connectivity index (χ2n) is 3.75. The van der Waals surface area contributed by atoms with E-state index in [2.05, 4.69) is 33.2 Å². The van der Waals surface area contributed by atoms with E-state index in [-0.39, 0.29) is 11.8 Å². The van der Waals surface area contributed by atoms with Gasteiger partial charge >= 0.3 is 0 Å². The molecule has 0 aliphatic carbocycles. The van der Waals surface area contributed by atoms with Crippen molar-refractivity contribution in [3.8, 4) is 0 Å². The first-order valence-corrected chi connectivity index (χ1v) is 7.43. The Hall–Kier alpha value is -1.41. The van der Waals surface area contributed by atoms with Crippen LogP contribution in [0.4, 0.5) is 5.69 Å². The molecule has 1 aromatic heterocycles. The molecule has 2 rings (SSSR count). The van der Waals surface area contributed by atoms with E-state index in [1.807, 2.05) is 6.07 Å². The van der Waals surface area contributed by atoms with Crippen molar-refractivity contribution < 1.29 is 9.59 Å². The van der Waals surface area contributed by atoms with Gasteiger partial charge in [0.25, 0.3) is 11.8 Å². The molecule has 2 amide bonds. The van der Waals surface area contributed by atoms with E-state index in [9.17, 15) is 9.59 Å². The molecule has 0 fully saturated rings. The quantitative estimate of drug-likeness (QED) is 0.797. The molecule has 6 heteroatoms. The van der Waals surface area contributed by atoms with Crippen LogP contribution in [-0.4, -0.2) is 18.9 Å². The summed E-state index contributed by atoms with van der Waals surface area (Å²) in [5.74, 6) is -0.352. The number of amides is 2. The van der Waals surface area contributed by atoms with E-state index >= 15 is 0 Å². The minimum absolute atomic E-state index is 0.173. The van der Waals surface area contributed by atoms with Crippen LogP contribution in [0.25, 0.3) is 0 Å². The Bertz CT molecular complexity index is 625. The molecule has 0 saturated heterocycles. The maximum atomic E-state index is 12.0. The second-order valence-corrected chi connectivity index (χ2v) is 6.56. The van der Waals surface area contributed by atoms with Gasteiger partial charge in [0, 0.05) is 23.7 Å². The third-order valence-corrected chi connectivity index (χ3v) is 4.23. The van der Waals surface area contributed by atoms with Crippen LogP contribution in [0.2, 0.25) is 0 Å². The van der Waals surface area contributed by atoms with Crippen LogP contribution in [0.15, 0.2) is 35.7 Å². The molecule has 0 unspecified atom stereocenters. The van der Waals surface area contributed by atoms with Gasteiger partial charge in [-0.15, -0.1) is 11.3 Å². The van der Waals surface area contributed by atoms with Gasteiger partial charge in [-0.25, -0.2) is 0 Å². The lowest BCUT2D eigenvalue weighted by Gasteiger charge is -2.06. The zero-order valence-corrected chi connectivity index (χ0v) is 13.0. The van der Waals surface area contributed by atoms with Crippen molar-refractivity contribution in [1.82, 2.24) is 5.32 Å². The largest absolute Gasteiger partial charge is 0.355 e. The van der Waals surface area contributed by atoms with Gasteiger partial charge in [0.05, 0.1) is 8.45 Å². The lowest BCUT2D eigenvalue weighted by molar-refractivity contribution is 0.0961. The van der Waals surface area contributed by atoms with Gasteiger partial charge in [0.1, 0.15) is 0 Å². The van der Waals surface area contributed by atoms with Crippen molar-refractivity contribution in [2.75, 3.05) is 12.4 Å². The van der Waals surface area contributed by atoms with Crippen molar-refractivity contribution in [2.24, 2.45) is 0 Å². The predicted octanol–water partition coefficient (Wildman–Crippen LogP) is 2.96. The van der Waals surface area contributed by atoms with Gasteiger partial charge < -0.3 is 10.6 Å². The van der Waals surface area contributed by atoms with Crippen molar-refractivity contribution in [1.29, 1.82) is 0 Å². The van der Waals surface area contributed by atoms with Gasteiger partial charge in [-0.1, -0.05) is 6.07 Å². The number of halogens is 1. The lowest BCUT2D eigenvalue weighted by Crippen LogP contribution is -2.18. The maximum absolute atomic E-state index is 12.0. The van der Waals surface area contributed by atoms with E-state index in [4.69, 9.17) is 0 Å². The summed E-state index contributed by atoms with van der Waals surface area (Å²) >= 11 is 3.69. The lowest BCUT2D eigenvalue weighted by atomic mass is 10.2. The normalized spacial score (nSPS) is 10.0.